The lowest BCUT2D eigenvalue weighted by molar-refractivity contribution is -0.111. The molecule has 0 aliphatic heterocycles. The summed E-state index contributed by atoms with van der Waals surface area (Å²) < 4.78 is 4.73. The first-order valence-electron chi connectivity index (χ1n) is 10.0. The summed E-state index contributed by atoms with van der Waals surface area (Å²) in [5, 5.41) is 0.0448. The van der Waals surface area contributed by atoms with Gasteiger partial charge >= 0.3 is 5.63 Å². The van der Waals surface area contributed by atoms with Gasteiger partial charge in [0.2, 0.25) is 5.78 Å². The summed E-state index contributed by atoms with van der Waals surface area (Å²) in [6.45, 7) is 7.75. The maximum atomic E-state index is 12.6. The Balaban J connectivity index is 1.89. The Kier molecular flexibility index (Phi) is 7.02. The van der Waals surface area contributed by atoms with E-state index in [-0.39, 0.29) is 28.4 Å². The molecule has 0 saturated heterocycles. The number of Topliss-reactive ketones (excluding diaryl/α,β-unsaturated/α-hetero) is 2. The van der Waals surface area contributed by atoms with E-state index < -0.39 is 11.4 Å². The van der Waals surface area contributed by atoms with Gasteiger partial charge in [0.05, 0.1) is 22.0 Å². The highest BCUT2D eigenvalue weighted by Gasteiger charge is 2.26. The number of rotatable bonds is 7. The zero-order valence-electron chi connectivity index (χ0n) is 17.6. The minimum atomic E-state index is -0.549. The van der Waals surface area contributed by atoms with Crippen LogP contribution in [-0.4, -0.2) is 30.4 Å². The summed E-state index contributed by atoms with van der Waals surface area (Å²) in [5.41, 5.74) is 2.81. The fourth-order valence-electron chi connectivity index (χ4n) is 3.27. The number of hydrogen-bond donors (Lipinski definition) is 0. The monoisotopic (exact) mass is 438 g/mol. The number of benzene rings is 1. The third-order valence-corrected chi connectivity index (χ3v) is 5.57. The lowest BCUT2D eigenvalue weighted by Crippen LogP contribution is -2.21. The molecule has 3 rings (SSSR count). The van der Waals surface area contributed by atoms with Gasteiger partial charge in [0, 0.05) is 36.8 Å². The van der Waals surface area contributed by atoms with E-state index in [1.54, 1.807) is 13.0 Å². The van der Waals surface area contributed by atoms with Gasteiger partial charge in [-0.25, -0.2) is 9.79 Å². The van der Waals surface area contributed by atoms with E-state index in [9.17, 15) is 14.4 Å². The molecule has 1 heterocycles. The Bertz CT molecular complexity index is 1130. The van der Waals surface area contributed by atoms with Crippen molar-refractivity contribution in [2.24, 2.45) is 4.99 Å². The third kappa shape index (κ3) is 5.09. The van der Waals surface area contributed by atoms with Gasteiger partial charge in [0.15, 0.2) is 5.78 Å². The highest BCUT2D eigenvalue weighted by molar-refractivity contribution is 6.49. The van der Waals surface area contributed by atoms with Gasteiger partial charge in [-0.3, -0.25) is 9.59 Å². The van der Waals surface area contributed by atoms with Gasteiger partial charge in [-0.05, 0) is 62.8 Å². The first-order chi connectivity index (χ1) is 14.8. The third-order valence-electron chi connectivity index (χ3n) is 5.12. The van der Waals surface area contributed by atoms with E-state index in [1.165, 1.54) is 6.07 Å². The van der Waals surface area contributed by atoms with E-state index in [0.717, 1.165) is 36.8 Å². The number of carbonyl (C=O) groups excluding carboxylic acids is 2. The van der Waals surface area contributed by atoms with Crippen molar-refractivity contribution in [2.75, 3.05) is 18.0 Å². The second-order valence-corrected chi connectivity index (χ2v) is 7.44. The highest BCUT2D eigenvalue weighted by atomic mass is 35.5. The Morgan fingerprint density at radius 3 is 2.32 bits per heavy atom. The maximum absolute atomic E-state index is 12.6. The molecular weight excluding hydrogens is 416 g/mol. The summed E-state index contributed by atoms with van der Waals surface area (Å²) in [7, 11) is 0. The predicted octanol–water partition coefficient (Wildman–Crippen LogP) is 4.85. The summed E-state index contributed by atoms with van der Waals surface area (Å²) in [6.07, 6.45) is 2.52. The summed E-state index contributed by atoms with van der Waals surface area (Å²) >= 11 is 6.26. The average Bonchev–Trinajstić information content (AvgIpc) is 2.78. The van der Waals surface area contributed by atoms with Crippen LogP contribution < -0.4 is 10.5 Å². The van der Waals surface area contributed by atoms with E-state index in [4.69, 9.17) is 16.0 Å². The molecule has 160 valence electrons. The molecular formula is C24H23ClN2O4. The van der Waals surface area contributed by atoms with Crippen LogP contribution in [0.5, 0.6) is 0 Å². The van der Waals surface area contributed by atoms with Crippen LogP contribution in [-0.2, 0) is 4.79 Å². The van der Waals surface area contributed by atoms with Crippen LogP contribution in [0, 0.1) is 0 Å². The largest absolute Gasteiger partial charge is 0.431 e. The zero-order valence-corrected chi connectivity index (χ0v) is 18.4. The summed E-state index contributed by atoms with van der Waals surface area (Å²) in [5.74, 6) is -0.754. The van der Waals surface area contributed by atoms with Crippen LogP contribution in [0.4, 0.5) is 11.4 Å². The molecule has 0 bridgehead atoms. The van der Waals surface area contributed by atoms with Crippen molar-refractivity contribution >= 4 is 40.3 Å². The van der Waals surface area contributed by atoms with Crippen molar-refractivity contribution in [1.29, 1.82) is 0 Å². The van der Waals surface area contributed by atoms with Crippen molar-refractivity contribution in [3.63, 3.8) is 0 Å². The zero-order chi connectivity index (χ0) is 22.5. The van der Waals surface area contributed by atoms with Crippen molar-refractivity contribution in [1.82, 2.24) is 0 Å². The van der Waals surface area contributed by atoms with Crippen LogP contribution in [0.25, 0.3) is 0 Å². The van der Waals surface area contributed by atoms with Crippen molar-refractivity contribution in [3.05, 3.63) is 80.9 Å². The average molecular weight is 439 g/mol. The number of anilines is 1. The Labute approximate surface area is 185 Å². The maximum Gasteiger partial charge on any atom is 0.335 e. The van der Waals surface area contributed by atoms with E-state index in [1.807, 2.05) is 24.3 Å². The second kappa shape index (κ2) is 9.71. The number of aliphatic imine (C=N–C) groups is 1. The van der Waals surface area contributed by atoms with Crippen LogP contribution >= 0.6 is 11.6 Å². The Morgan fingerprint density at radius 1 is 1.06 bits per heavy atom. The summed E-state index contributed by atoms with van der Waals surface area (Å²) in [6, 6.07) is 10.3. The minimum Gasteiger partial charge on any atom is -0.431 e. The molecule has 0 radical (unpaired) electrons. The van der Waals surface area contributed by atoms with Crippen molar-refractivity contribution < 1.29 is 14.0 Å². The molecule has 1 aromatic heterocycles. The number of carbonyl (C=O) groups is 2. The van der Waals surface area contributed by atoms with Gasteiger partial charge < -0.3 is 9.32 Å². The standard InChI is InChI=1S/C24H23ClN2O4/c1-4-27(5-2)19-9-7-18(8-10-19)26-20-12-17(24(30)23(25)15(20)3)13-21(28)16-6-11-22(29)31-14-16/h6-12,14H,4-5,13H2,1-3H3. The van der Waals surface area contributed by atoms with Crippen LogP contribution in [0.2, 0.25) is 0 Å². The SMILES string of the molecule is CCN(CC)c1ccc(N=C2C=C(CC(=O)c3ccc(=O)oc3)C(=O)C(Cl)=C2C)cc1. The lowest BCUT2D eigenvalue weighted by atomic mass is 9.92. The molecule has 2 aromatic rings. The van der Waals surface area contributed by atoms with Gasteiger partial charge in [-0.2, -0.15) is 0 Å². The van der Waals surface area contributed by atoms with E-state index in [0.29, 0.717) is 11.3 Å². The van der Waals surface area contributed by atoms with E-state index >= 15 is 0 Å². The predicted molar refractivity (Wildman–Crippen MR) is 123 cm³/mol. The highest BCUT2D eigenvalue weighted by Crippen LogP contribution is 2.28. The van der Waals surface area contributed by atoms with Gasteiger partial charge in [-0.1, -0.05) is 11.6 Å². The molecule has 0 unspecified atom stereocenters. The Morgan fingerprint density at radius 2 is 1.74 bits per heavy atom. The van der Waals surface area contributed by atoms with Crippen molar-refractivity contribution in [2.45, 2.75) is 27.2 Å². The molecule has 1 aliphatic rings. The fourth-order valence-corrected chi connectivity index (χ4v) is 3.49. The lowest BCUT2D eigenvalue weighted by Gasteiger charge is -2.21. The van der Waals surface area contributed by atoms with Gasteiger partial charge in [-0.15, -0.1) is 0 Å². The molecule has 31 heavy (non-hydrogen) atoms. The minimum absolute atomic E-state index is 0.0448. The van der Waals surface area contributed by atoms with Crippen LogP contribution in [0.3, 0.4) is 0 Å². The number of nitrogens with zero attached hydrogens (tertiary/aromatic N) is 2. The topological polar surface area (TPSA) is 80.0 Å². The normalized spacial score (nSPS) is 15.3. The fraction of sp³-hybridized carbons (Fsp3) is 0.250. The number of allylic oxidation sites excluding steroid dienone is 4. The number of halogens is 1. The molecule has 0 N–H and O–H groups in total. The number of ketones is 2. The smallest absolute Gasteiger partial charge is 0.335 e. The summed E-state index contributed by atoms with van der Waals surface area (Å²) in [4.78, 5) is 43.1. The van der Waals surface area contributed by atoms with Crippen molar-refractivity contribution in [3.8, 4) is 0 Å². The molecule has 0 amide bonds. The molecule has 0 atom stereocenters. The van der Waals surface area contributed by atoms with E-state index in [2.05, 4.69) is 23.7 Å². The molecule has 7 heteroatoms. The van der Waals surface area contributed by atoms with Gasteiger partial charge in [0.25, 0.3) is 0 Å². The quantitative estimate of drug-likeness (QED) is 0.456. The molecule has 1 aromatic carbocycles. The molecule has 0 spiro atoms. The first kappa shape index (κ1) is 22.4. The first-order valence-corrected chi connectivity index (χ1v) is 10.4. The molecule has 0 fully saturated rings. The molecule has 0 saturated carbocycles. The molecule has 6 nitrogen and oxygen atoms in total. The van der Waals surface area contributed by atoms with Crippen LogP contribution in [0.1, 0.15) is 37.6 Å². The second-order valence-electron chi connectivity index (χ2n) is 7.07. The van der Waals surface area contributed by atoms with Crippen LogP contribution in [0.15, 0.2) is 79.1 Å². The van der Waals surface area contributed by atoms with Gasteiger partial charge in [0.1, 0.15) is 6.26 Å². The number of hydrogen-bond acceptors (Lipinski definition) is 6. The molecule has 1 aliphatic carbocycles. The Hall–Kier alpha value is -3.25.